The number of rotatable bonds is 0. The Labute approximate surface area is 75.5 Å². The second kappa shape index (κ2) is 2.73. The van der Waals surface area contributed by atoms with Crippen molar-refractivity contribution in [3.63, 3.8) is 0 Å². The van der Waals surface area contributed by atoms with Crippen LogP contribution in [0.4, 0.5) is 0 Å². The first-order valence-electron chi connectivity index (χ1n) is 5.21. The van der Waals surface area contributed by atoms with Crippen LogP contribution >= 0.6 is 0 Å². The lowest BCUT2D eigenvalue weighted by Crippen LogP contribution is -2.32. The van der Waals surface area contributed by atoms with Crippen molar-refractivity contribution in [2.75, 3.05) is 0 Å². The van der Waals surface area contributed by atoms with Gasteiger partial charge in [0.1, 0.15) is 0 Å². The monoisotopic (exact) mass is 168 g/mol. The highest BCUT2D eigenvalue weighted by molar-refractivity contribution is 4.88. The fourth-order valence-electron chi connectivity index (χ4n) is 2.56. The molecule has 0 saturated carbocycles. The lowest BCUT2D eigenvalue weighted by molar-refractivity contribution is -0.0443. The van der Waals surface area contributed by atoms with Crippen LogP contribution in [0.2, 0.25) is 0 Å². The van der Waals surface area contributed by atoms with Crippen LogP contribution in [-0.2, 0) is 4.74 Å². The van der Waals surface area contributed by atoms with E-state index in [1.807, 2.05) is 0 Å². The average Bonchev–Trinajstić information content (AvgIpc) is 2.28. The van der Waals surface area contributed by atoms with Crippen LogP contribution in [0.25, 0.3) is 0 Å². The van der Waals surface area contributed by atoms with Crippen LogP contribution in [0.3, 0.4) is 0 Å². The standard InChI is InChI=1S/C11H20O/c1-11(2,3)8-6-9-4-5-10(7-8)12-9/h8-10H,4-7H2,1-3H3/t8?,9-,10?/m1/s1. The molecule has 0 aliphatic carbocycles. The molecule has 2 fully saturated rings. The maximum absolute atomic E-state index is 5.82. The van der Waals surface area contributed by atoms with Crippen molar-refractivity contribution in [2.24, 2.45) is 11.3 Å². The van der Waals surface area contributed by atoms with Crippen LogP contribution in [0, 0.1) is 11.3 Å². The van der Waals surface area contributed by atoms with Gasteiger partial charge in [-0.2, -0.15) is 0 Å². The van der Waals surface area contributed by atoms with Crippen molar-refractivity contribution in [1.29, 1.82) is 0 Å². The molecule has 2 aliphatic heterocycles. The first-order valence-corrected chi connectivity index (χ1v) is 5.21. The van der Waals surface area contributed by atoms with Gasteiger partial charge in [-0.25, -0.2) is 0 Å². The van der Waals surface area contributed by atoms with Gasteiger partial charge >= 0.3 is 0 Å². The zero-order valence-corrected chi connectivity index (χ0v) is 8.47. The summed E-state index contributed by atoms with van der Waals surface area (Å²) >= 11 is 0. The Bertz CT molecular complexity index is 156. The molecule has 0 N–H and O–H groups in total. The van der Waals surface area contributed by atoms with Gasteiger partial charge in [0.15, 0.2) is 0 Å². The predicted octanol–water partition coefficient (Wildman–Crippen LogP) is 2.99. The summed E-state index contributed by atoms with van der Waals surface area (Å²) < 4.78 is 5.82. The fraction of sp³-hybridized carbons (Fsp3) is 1.00. The molecule has 0 aromatic heterocycles. The van der Waals surface area contributed by atoms with E-state index in [4.69, 9.17) is 4.74 Å². The van der Waals surface area contributed by atoms with E-state index >= 15 is 0 Å². The van der Waals surface area contributed by atoms with E-state index in [-0.39, 0.29) is 0 Å². The van der Waals surface area contributed by atoms with Crippen LogP contribution in [0.5, 0.6) is 0 Å². The smallest absolute Gasteiger partial charge is 0.0582 e. The van der Waals surface area contributed by atoms with Crippen molar-refractivity contribution in [3.8, 4) is 0 Å². The minimum atomic E-state index is 0.491. The molecule has 2 heterocycles. The van der Waals surface area contributed by atoms with E-state index in [0.717, 1.165) is 5.92 Å². The molecule has 3 atom stereocenters. The predicted molar refractivity (Wildman–Crippen MR) is 50.1 cm³/mol. The Morgan fingerprint density at radius 2 is 1.50 bits per heavy atom. The van der Waals surface area contributed by atoms with Crippen molar-refractivity contribution in [2.45, 2.75) is 58.7 Å². The zero-order valence-electron chi connectivity index (χ0n) is 8.47. The Morgan fingerprint density at radius 1 is 1.00 bits per heavy atom. The number of fused-ring (bicyclic) bond motifs is 2. The van der Waals surface area contributed by atoms with Crippen molar-refractivity contribution in [3.05, 3.63) is 0 Å². The molecule has 0 radical (unpaired) electrons. The van der Waals surface area contributed by atoms with E-state index in [0.29, 0.717) is 17.6 Å². The number of hydrogen-bond acceptors (Lipinski definition) is 1. The molecule has 2 saturated heterocycles. The molecule has 12 heavy (non-hydrogen) atoms. The molecule has 0 aromatic carbocycles. The molecule has 2 aliphatic rings. The minimum absolute atomic E-state index is 0.491. The Balaban J connectivity index is 2.03. The minimum Gasteiger partial charge on any atom is -0.375 e. The fourth-order valence-corrected chi connectivity index (χ4v) is 2.56. The molecule has 70 valence electrons. The highest BCUT2D eigenvalue weighted by Gasteiger charge is 2.39. The van der Waals surface area contributed by atoms with Gasteiger partial charge in [-0.05, 0) is 37.0 Å². The van der Waals surface area contributed by atoms with Gasteiger partial charge < -0.3 is 4.74 Å². The molecule has 1 heteroatoms. The van der Waals surface area contributed by atoms with E-state index < -0.39 is 0 Å². The SMILES string of the molecule is CC(C)(C)C1CC2CC[C@H](C1)O2. The number of hydrogen-bond donors (Lipinski definition) is 0. The summed E-state index contributed by atoms with van der Waals surface area (Å²) in [7, 11) is 0. The molecule has 2 unspecified atom stereocenters. The second-order valence-corrected chi connectivity index (χ2v) is 5.49. The van der Waals surface area contributed by atoms with Gasteiger partial charge in [0.05, 0.1) is 12.2 Å². The molecule has 0 aromatic rings. The van der Waals surface area contributed by atoms with Gasteiger partial charge in [-0.1, -0.05) is 20.8 Å². The summed E-state index contributed by atoms with van der Waals surface area (Å²) in [5, 5.41) is 0. The normalized spacial score (nSPS) is 41.8. The van der Waals surface area contributed by atoms with Crippen molar-refractivity contribution in [1.82, 2.24) is 0 Å². The summed E-state index contributed by atoms with van der Waals surface area (Å²) in [5.41, 5.74) is 0.491. The first-order chi connectivity index (χ1) is 5.55. The molecule has 2 bridgehead atoms. The van der Waals surface area contributed by atoms with E-state index in [1.54, 1.807) is 0 Å². The molecule has 0 amide bonds. The maximum atomic E-state index is 5.82. The summed E-state index contributed by atoms with van der Waals surface area (Å²) in [4.78, 5) is 0. The van der Waals surface area contributed by atoms with Gasteiger partial charge in [-0.3, -0.25) is 0 Å². The van der Waals surface area contributed by atoms with Crippen LogP contribution in [0.1, 0.15) is 46.5 Å². The van der Waals surface area contributed by atoms with Gasteiger partial charge in [0.25, 0.3) is 0 Å². The number of ether oxygens (including phenoxy) is 1. The molecule has 0 spiro atoms. The second-order valence-electron chi connectivity index (χ2n) is 5.49. The van der Waals surface area contributed by atoms with E-state index in [2.05, 4.69) is 20.8 Å². The van der Waals surface area contributed by atoms with Gasteiger partial charge in [0.2, 0.25) is 0 Å². The maximum Gasteiger partial charge on any atom is 0.0582 e. The highest BCUT2D eigenvalue weighted by Crippen LogP contribution is 2.43. The van der Waals surface area contributed by atoms with Gasteiger partial charge in [-0.15, -0.1) is 0 Å². The molecular weight excluding hydrogens is 148 g/mol. The summed E-state index contributed by atoms with van der Waals surface area (Å²) in [6, 6.07) is 0. The lowest BCUT2D eigenvalue weighted by atomic mass is 9.75. The molecular formula is C11H20O. The largest absolute Gasteiger partial charge is 0.375 e. The van der Waals surface area contributed by atoms with Gasteiger partial charge in [0, 0.05) is 0 Å². The highest BCUT2D eigenvalue weighted by atomic mass is 16.5. The third-order valence-electron chi connectivity index (χ3n) is 3.52. The Kier molecular flexibility index (Phi) is 1.95. The lowest BCUT2D eigenvalue weighted by Gasteiger charge is -2.37. The molecule has 2 rings (SSSR count). The van der Waals surface area contributed by atoms with Crippen LogP contribution < -0.4 is 0 Å². The Morgan fingerprint density at radius 3 is 1.92 bits per heavy atom. The molecule has 1 nitrogen and oxygen atoms in total. The van der Waals surface area contributed by atoms with Crippen molar-refractivity contribution < 1.29 is 4.74 Å². The van der Waals surface area contributed by atoms with E-state index in [1.165, 1.54) is 25.7 Å². The summed E-state index contributed by atoms with van der Waals surface area (Å²) in [5.74, 6) is 0.892. The third-order valence-corrected chi connectivity index (χ3v) is 3.52. The van der Waals surface area contributed by atoms with Crippen molar-refractivity contribution >= 4 is 0 Å². The average molecular weight is 168 g/mol. The summed E-state index contributed by atoms with van der Waals surface area (Å²) in [6.45, 7) is 7.09. The third kappa shape index (κ3) is 1.52. The van der Waals surface area contributed by atoms with Crippen LogP contribution in [-0.4, -0.2) is 12.2 Å². The van der Waals surface area contributed by atoms with E-state index in [9.17, 15) is 0 Å². The zero-order chi connectivity index (χ0) is 8.77. The quantitative estimate of drug-likeness (QED) is 0.540. The topological polar surface area (TPSA) is 9.23 Å². The van der Waals surface area contributed by atoms with Crippen LogP contribution in [0.15, 0.2) is 0 Å². The first kappa shape index (κ1) is 8.55. The Hall–Kier alpha value is -0.0400. The summed E-state index contributed by atoms with van der Waals surface area (Å²) in [6.07, 6.45) is 6.45.